The van der Waals surface area contributed by atoms with E-state index in [4.69, 9.17) is 4.42 Å². The first-order valence-corrected chi connectivity index (χ1v) is 9.45. The lowest BCUT2D eigenvalue weighted by Gasteiger charge is -2.13. The highest BCUT2D eigenvalue weighted by atomic mass is 32.2. The zero-order valence-electron chi connectivity index (χ0n) is 14.1. The summed E-state index contributed by atoms with van der Waals surface area (Å²) in [5.41, 5.74) is 2.47. The summed E-state index contributed by atoms with van der Waals surface area (Å²) in [5, 5.41) is 11.2. The van der Waals surface area contributed by atoms with Crippen LogP contribution in [0.1, 0.15) is 21.6 Å². The van der Waals surface area contributed by atoms with E-state index in [1.807, 2.05) is 0 Å². The zero-order valence-corrected chi connectivity index (χ0v) is 14.9. The quantitative estimate of drug-likeness (QED) is 0.817. The largest absolute Gasteiger partial charge is 0.421 e. The molecule has 0 unspecified atom stereocenters. The standard InChI is InChI=1S/C17H20N4O3S.2H2/c1-12-20-21-17(24-12)15-10-14(25(22,23)18-2)8-9-16(15)19-11-13-6-4-3-5-7-13;;/h4,6-10,18-19H,3,5,11H2,1-2H3;2*1H. The number of rotatable bonds is 6. The maximum atomic E-state index is 12.1. The van der Waals surface area contributed by atoms with Crippen LogP contribution in [0.15, 0.2) is 51.3 Å². The van der Waals surface area contributed by atoms with Gasteiger partial charge in [0.25, 0.3) is 0 Å². The molecule has 8 heteroatoms. The van der Waals surface area contributed by atoms with E-state index in [0.29, 0.717) is 18.0 Å². The fourth-order valence-electron chi connectivity index (χ4n) is 2.54. The third-order valence-electron chi connectivity index (χ3n) is 3.88. The van der Waals surface area contributed by atoms with Crippen molar-refractivity contribution in [3.63, 3.8) is 0 Å². The number of hydrogen-bond donors (Lipinski definition) is 2. The van der Waals surface area contributed by atoms with Gasteiger partial charge in [-0.15, -0.1) is 10.2 Å². The van der Waals surface area contributed by atoms with Crippen molar-refractivity contribution in [1.82, 2.24) is 14.9 Å². The summed E-state index contributed by atoms with van der Waals surface area (Å²) < 4.78 is 32.0. The van der Waals surface area contributed by atoms with E-state index in [-0.39, 0.29) is 13.6 Å². The minimum atomic E-state index is -3.56. The fraction of sp³-hybridized carbons (Fsp3) is 0.294. The van der Waals surface area contributed by atoms with E-state index in [0.717, 1.165) is 18.5 Å². The van der Waals surface area contributed by atoms with E-state index in [9.17, 15) is 8.42 Å². The van der Waals surface area contributed by atoms with Crippen molar-refractivity contribution in [3.8, 4) is 11.5 Å². The van der Waals surface area contributed by atoms with Gasteiger partial charge in [-0.25, -0.2) is 13.1 Å². The number of hydrogen-bond acceptors (Lipinski definition) is 6. The molecular weight excluding hydrogens is 340 g/mol. The van der Waals surface area contributed by atoms with Crippen molar-refractivity contribution >= 4 is 15.7 Å². The molecule has 7 nitrogen and oxygen atoms in total. The van der Waals surface area contributed by atoms with Crippen LogP contribution in [-0.2, 0) is 10.0 Å². The van der Waals surface area contributed by atoms with Gasteiger partial charge in [0.1, 0.15) is 0 Å². The van der Waals surface area contributed by atoms with Crippen molar-refractivity contribution in [2.45, 2.75) is 24.7 Å². The minimum Gasteiger partial charge on any atom is -0.421 e. The summed E-state index contributed by atoms with van der Waals surface area (Å²) in [6.45, 7) is 2.32. The average Bonchev–Trinajstić information content (AvgIpc) is 3.07. The Morgan fingerprint density at radius 3 is 2.76 bits per heavy atom. The molecule has 0 saturated heterocycles. The molecule has 0 fully saturated rings. The van der Waals surface area contributed by atoms with Gasteiger partial charge in [0.15, 0.2) is 0 Å². The molecule has 3 rings (SSSR count). The summed E-state index contributed by atoms with van der Waals surface area (Å²) in [5.74, 6) is 0.696. The van der Waals surface area contributed by atoms with Crippen LogP contribution in [0.25, 0.3) is 11.5 Å². The van der Waals surface area contributed by atoms with Gasteiger partial charge in [-0.1, -0.05) is 18.2 Å². The van der Waals surface area contributed by atoms with Crippen LogP contribution < -0.4 is 10.0 Å². The van der Waals surface area contributed by atoms with Crippen LogP contribution in [-0.4, -0.2) is 32.2 Å². The van der Waals surface area contributed by atoms with Gasteiger partial charge < -0.3 is 9.73 Å². The smallest absolute Gasteiger partial charge is 0.249 e. The molecule has 0 spiro atoms. The van der Waals surface area contributed by atoms with Crippen molar-refractivity contribution in [2.24, 2.45) is 0 Å². The molecular formula is C17H24N4O3S. The summed E-state index contributed by atoms with van der Waals surface area (Å²) >= 11 is 0. The Morgan fingerprint density at radius 1 is 1.28 bits per heavy atom. The number of benzene rings is 1. The lowest BCUT2D eigenvalue weighted by atomic mass is 10.1. The van der Waals surface area contributed by atoms with Gasteiger partial charge in [0, 0.05) is 22.0 Å². The van der Waals surface area contributed by atoms with Gasteiger partial charge in [-0.3, -0.25) is 0 Å². The summed E-state index contributed by atoms with van der Waals surface area (Å²) in [6, 6.07) is 4.80. The monoisotopic (exact) mass is 364 g/mol. The van der Waals surface area contributed by atoms with Gasteiger partial charge in [-0.2, -0.15) is 0 Å². The van der Waals surface area contributed by atoms with E-state index >= 15 is 0 Å². The van der Waals surface area contributed by atoms with Crippen molar-refractivity contribution in [1.29, 1.82) is 0 Å². The molecule has 0 bridgehead atoms. The second-order valence-electron chi connectivity index (χ2n) is 5.65. The highest BCUT2D eigenvalue weighted by Crippen LogP contribution is 2.30. The first kappa shape index (κ1) is 17.4. The van der Waals surface area contributed by atoms with E-state index in [2.05, 4.69) is 38.5 Å². The summed E-state index contributed by atoms with van der Waals surface area (Å²) in [7, 11) is -2.19. The predicted molar refractivity (Wildman–Crippen MR) is 99.9 cm³/mol. The second kappa shape index (κ2) is 7.20. The normalized spacial score (nSPS) is 14.4. The SMILES string of the molecule is CNS(=O)(=O)c1ccc(NCC2=CCCC=C2)c(-c2nnc(C)o2)c1.[HH].[HH]. The van der Waals surface area contributed by atoms with Gasteiger partial charge in [0.05, 0.1) is 10.5 Å². The zero-order chi connectivity index (χ0) is 17.9. The molecule has 25 heavy (non-hydrogen) atoms. The molecule has 2 N–H and O–H groups in total. The van der Waals surface area contributed by atoms with E-state index in [1.54, 1.807) is 19.1 Å². The molecule has 0 amide bonds. The number of sulfonamides is 1. The highest BCUT2D eigenvalue weighted by Gasteiger charge is 2.18. The van der Waals surface area contributed by atoms with Crippen LogP contribution in [0, 0.1) is 6.92 Å². The molecule has 0 saturated carbocycles. The molecule has 0 atom stereocenters. The maximum absolute atomic E-state index is 12.1. The third-order valence-corrected chi connectivity index (χ3v) is 5.29. The Balaban J connectivity index is 0.00000182. The third kappa shape index (κ3) is 3.97. The Hall–Kier alpha value is -2.45. The number of nitrogens with one attached hydrogen (secondary N) is 2. The number of nitrogens with zero attached hydrogens (tertiary/aromatic N) is 2. The Morgan fingerprint density at radius 2 is 2.12 bits per heavy atom. The van der Waals surface area contributed by atoms with E-state index < -0.39 is 10.0 Å². The summed E-state index contributed by atoms with van der Waals surface area (Å²) in [4.78, 5) is 0.142. The topological polar surface area (TPSA) is 97.1 Å². The molecule has 136 valence electrons. The Labute approximate surface area is 149 Å². The second-order valence-corrected chi connectivity index (χ2v) is 7.54. The Kier molecular flexibility index (Phi) is 5.00. The van der Waals surface area contributed by atoms with Crippen LogP contribution in [0.5, 0.6) is 0 Å². The van der Waals surface area contributed by atoms with Crippen molar-refractivity contribution < 1.29 is 15.7 Å². The fourth-order valence-corrected chi connectivity index (χ4v) is 3.30. The van der Waals surface area contributed by atoms with Gasteiger partial charge in [-0.05, 0) is 43.7 Å². The lowest BCUT2D eigenvalue weighted by molar-refractivity contribution is 0.533. The molecule has 0 aliphatic heterocycles. The summed E-state index contributed by atoms with van der Waals surface area (Å²) in [6.07, 6.45) is 8.51. The first-order valence-electron chi connectivity index (χ1n) is 7.97. The van der Waals surface area contributed by atoms with Gasteiger partial charge in [0.2, 0.25) is 21.8 Å². The first-order chi connectivity index (χ1) is 12.0. The maximum Gasteiger partial charge on any atom is 0.249 e. The van der Waals surface area contributed by atoms with Crippen molar-refractivity contribution in [2.75, 3.05) is 18.9 Å². The highest BCUT2D eigenvalue weighted by molar-refractivity contribution is 7.89. The lowest BCUT2D eigenvalue weighted by Crippen LogP contribution is -2.18. The van der Waals surface area contributed by atoms with Crippen LogP contribution in [0.4, 0.5) is 5.69 Å². The van der Waals surface area contributed by atoms with E-state index in [1.165, 1.54) is 18.7 Å². The molecule has 1 aromatic heterocycles. The van der Waals surface area contributed by atoms with Crippen molar-refractivity contribution in [3.05, 3.63) is 47.9 Å². The molecule has 1 aliphatic carbocycles. The molecule has 1 heterocycles. The molecule has 1 aliphatic rings. The number of anilines is 1. The van der Waals surface area contributed by atoms with Crippen LogP contribution in [0.2, 0.25) is 0 Å². The number of allylic oxidation sites excluding steroid dienone is 2. The molecule has 0 radical (unpaired) electrons. The Bertz CT molecular complexity index is 939. The van der Waals surface area contributed by atoms with Crippen LogP contribution >= 0.6 is 0 Å². The number of aryl methyl sites for hydroxylation is 1. The molecule has 2 aromatic rings. The minimum absolute atomic E-state index is 0. The van der Waals surface area contributed by atoms with Gasteiger partial charge >= 0.3 is 0 Å². The molecule has 1 aromatic carbocycles. The predicted octanol–water partition coefficient (Wildman–Crippen LogP) is 3.13. The number of aromatic nitrogens is 2. The average molecular weight is 364 g/mol. The van der Waals surface area contributed by atoms with Crippen LogP contribution in [0.3, 0.4) is 0 Å².